The van der Waals surface area contributed by atoms with Crippen molar-refractivity contribution in [2.24, 2.45) is 0 Å². The third-order valence-corrected chi connectivity index (χ3v) is 6.26. The molecule has 0 saturated heterocycles. The van der Waals surface area contributed by atoms with Gasteiger partial charge in [0.1, 0.15) is 5.82 Å². The van der Waals surface area contributed by atoms with E-state index in [1.807, 2.05) is 6.92 Å². The first-order chi connectivity index (χ1) is 11.5. The summed E-state index contributed by atoms with van der Waals surface area (Å²) in [5.74, 6) is -0.439. The first kappa shape index (κ1) is 15.4. The van der Waals surface area contributed by atoms with Crippen LogP contribution in [0.3, 0.4) is 0 Å². The zero-order chi connectivity index (χ0) is 16.9. The highest BCUT2D eigenvalue weighted by atomic mass is 32.2. The molecule has 4 nitrogen and oxygen atoms in total. The van der Waals surface area contributed by atoms with Gasteiger partial charge in [0.15, 0.2) is 0 Å². The van der Waals surface area contributed by atoms with E-state index in [-0.39, 0.29) is 4.90 Å². The molecule has 0 amide bonds. The van der Waals surface area contributed by atoms with Crippen LogP contribution in [0.4, 0.5) is 4.39 Å². The second-order valence-corrected chi connectivity index (χ2v) is 7.88. The van der Waals surface area contributed by atoms with E-state index in [2.05, 4.69) is 5.32 Å². The van der Waals surface area contributed by atoms with Gasteiger partial charge in [0, 0.05) is 30.6 Å². The lowest BCUT2D eigenvalue weighted by atomic mass is 10.1. The molecule has 1 aliphatic rings. The molecule has 0 unspecified atom stereocenters. The molecule has 2 aromatic carbocycles. The summed E-state index contributed by atoms with van der Waals surface area (Å²) in [7, 11) is -3.78. The Bertz CT molecular complexity index is 1040. The average molecular weight is 344 g/mol. The van der Waals surface area contributed by atoms with Gasteiger partial charge >= 0.3 is 0 Å². The third-order valence-electron chi connectivity index (χ3n) is 4.50. The summed E-state index contributed by atoms with van der Waals surface area (Å²) in [6.45, 7) is 3.20. The molecule has 3 aromatic rings. The number of aryl methyl sites for hydroxylation is 1. The van der Waals surface area contributed by atoms with E-state index in [0.717, 1.165) is 22.2 Å². The predicted molar refractivity (Wildman–Crippen MR) is 91.1 cm³/mol. The zero-order valence-electron chi connectivity index (χ0n) is 13.2. The molecule has 1 N–H and O–H groups in total. The molecule has 1 aromatic heterocycles. The molecule has 1 aliphatic heterocycles. The highest BCUT2D eigenvalue weighted by Gasteiger charge is 2.28. The summed E-state index contributed by atoms with van der Waals surface area (Å²) in [5.41, 5.74) is 3.08. The molecule has 0 bridgehead atoms. The summed E-state index contributed by atoms with van der Waals surface area (Å²) < 4.78 is 41.6. The van der Waals surface area contributed by atoms with Gasteiger partial charge in [-0.1, -0.05) is 17.7 Å². The van der Waals surface area contributed by atoms with Crippen molar-refractivity contribution in [1.29, 1.82) is 0 Å². The Hall–Kier alpha value is -2.18. The highest BCUT2D eigenvalue weighted by Crippen LogP contribution is 2.32. The minimum Gasteiger partial charge on any atom is -0.312 e. The van der Waals surface area contributed by atoms with Gasteiger partial charge in [0.25, 0.3) is 10.0 Å². The van der Waals surface area contributed by atoms with Gasteiger partial charge in [-0.05, 0) is 42.8 Å². The molecule has 0 atom stereocenters. The van der Waals surface area contributed by atoms with Gasteiger partial charge in [-0.3, -0.25) is 0 Å². The van der Waals surface area contributed by atoms with Crippen LogP contribution in [0.5, 0.6) is 0 Å². The van der Waals surface area contributed by atoms with E-state index in [4.69, 9.17) is 0 Å². The summed E-state index contributed by atoms with van der Waals surface area (Å²) in [6, 6.07) is 11.1. The summed E-state index contributed by atoms with van der Waals surface area (Å²) in [4.78, 5) is 0.218. The second-order valence-electron chi connectivity index (χ2n) is 6.10. The lowest BCUT2D eigenvalue weighted by Crippen LogP contribution is -2.26. The van der Waals surface area contributed by atoms with Crippen molar-refractivity contribution < 1.29 is 12.8 Å². The largest absolute Gasteiger partial charge is 0.312 e. The van der Waals surface area contributed by atoms with Gasteiger partial charge in [-0.25, -0.2) is 16.8 Å². The van der Waals surface area contributed by atoms with Crippen molar-refractivity contribution in [2.75, 3.05) is 6.54 Å². The number of rotatable bonds is 2. The standard InChI is InChI=1S/C18H17FN2O2S/c1-12-2-5-14(6-3-12)24(22,23)21-17-8-9-20-11-16(17)15-7-4-13(19)10-18(15)21/h2-7,10,20H,8-9,11H2,1H3. The Kier molecular flexibility index (Phi) is 3.47. The lowest BCUT2D eigenvalue weighted by molar-refractivity contribution is 0.580. The number of hydrogen-bond donors (Lipinski definition) is 1. The normalized spacial score (nSPS) is 14.8. The van der Waals surface area contributed by atoms with Crippen LogP contribution in [0.1, 0.15) is 16.8 Å². The summed E-state index contributed by atoms with van der Waals surface area (Å²) >= 11 is 0. The van der Waals surface area contributed by atoms with Gasteiger partial charge in [-0.15, -0.1) is 0 Å². The van der Waals surface area contributed by atoms with Gasteiger partial charge < -0.3 is 5.32 Å². The Morgan fingerprint density at radius 1 is 1.12 bits per heavy atom. The number of benzene rings is 2. The molecule has 0 saturated carbocycles. The van der Waals surface area contributed by atoms with Crippen LogP contribution >= 0.6 is 0 Å². The molecular weight excluding hydrogens is 327 g/mol. The van der Waals surface area contributed by atoms with Gasteiger partial charge in [0.2, 0.25) is 0 Å². The van der Waals surface area contributed by atoms with E-state index in [1.165, 1.54) is 16.1 Å². The molecule has 6 heteroatoms. The van der Waals surface area contributed by atoms with E-state index in [9.17, 15) is 12.8 Å². The zero-order valence-corrected chi connectivity index (χ0v) is 14.0. The summed E-state index contributed by atoms with van der Waals surface area (Å²) in [5, 5.41) is 4.04. The molecule has 0 radical (unpaired) electrons. The maximum absolute atomic E-state index is 13.8. The number of halogens is 1. The smallest absolute Gasteiger partial charge is 0.268 e. The van der Waals surface area contributed by atoms with Crippen molar-refractivity contribution in [3.05, 3.63) is 65.1 Å². The first-order valence-electron chi connectivity index (χ1n) is 7.83. The molecule has 124 valence electrons. The van der Waals surface area contributed by atoms with Gasteiger partial charge in [-0.2, -0.15) is 0 Å². The van der Waals surface area contributed by atoms with Gasteiger partial charge in [0.05, 0.1) is 10.4 Å². The van der Waals surface area contributed by atoms with Crippen LogP contribution in [0, 0.1) is 12.7 Å². The topological polar surface area (TPSA) is 51.1 Å². The van der Waals surface area contributed by atoms with E-state index < -0.39 is 15.8 Å². The van der Waals surface area contributed by atoms with Crippen molar-refractivity contribution in [1.82, 2.24) is 9.29 Å². The monoisotopic (exact) mass is 344 g/mol. The van der Waals surface area contributed by atoms with E-state index in [0.29, 0.717) is 25.0 Å². The molecule has 0 aliphatic carbocycles. The molecular formula is C18H17FN2O2S. The Morgan fingerprint density at radius 3 is 2.62 bits per heavy atom. The minimum atomic E-state index is -3.78. The molecule has 24 heavy (non-hydrogen) atoms. The van der Waals surface area contributed by atoms with Crippen molar-refractivity contribution in [2.45, 2.75) is 24.8 Å². The SMILES string of the molecule is Cc1ccc(S(=O)(=O)n2c3c(c4ccc(F)cc42)CNCC3)cc1. The van der Waals surface area contributed by atoms with Crippen molar-refractivity contribution in [3.63, 3.8) is 0 Å². The highest BCUT2D eigenvalue weighted by molar-refractivity contribution is 7.90. The molecule has 4 rings (SSSR count). The lowest BCUT2D eigenvalue weighted by Gasteiger charge is -2.17. The number of nitrogens with zero attached hydrogens (tertiary/aromatic N) is 1. The maximum Gasteiger partial charge on any atom is 0.268 e. The fourth-order valence-corrected chi connectivity index (χ4v) is 4.90. The fourth-order valence-electron chi connectivity index (χ4n) is 3.31. The molecule has 0 fully saturated rings. The van der Waals surface area contributed by atoms with Crippen LogP contribution in [0.25, 0.3) is 10.9 Å². The van der Waals surface area contributed by atoms with E-state index >= 15 is 0 Å². The molecule has 0 spiro atoms. The van der Waals surface area contributed by atoms with Crippen LogP contribution < -0.4 is 5.32 Å². The first-order valence-corrected chi connectivity index (χ1v) is 9.27. The quantitative estimate of drug-likeness (QED) is 0.778. The van der Waals surface area contributed by atoms with Crippen molar-refractivity contribution >= 4 is 20.9 Å². The van der Waals surface area contributed by atoms with Crippen LogP contribution in [0.2, 0.25) is 0 Å². The second kappa shape index (κ2) is 5.43. The minimum absolute atomic E-state index is 0.218. The number of aromatic nitrogens is 1. The number of hydrogen-bond acceptors (Lipinski definition) is 3. The number of nitrogens with one attached hydrogen (secondary N) is 1. The predicted octanol–water partition coefficient (Wildman–Crippen LogP) is 2.97. The van der Waals surface area contributed by atoms with Crippen LogP contribution in [-0.4, -0.2) is 18.9 Å². The van der Waals surface area contributed by atoms with Crippen LogP contribution in [-0.2, 0) is 23.0 Å². The molecule has 2 heterocycles. The fraction of sp³-hybridized carbons (Fsp3) is 0.222. The Morgan fingerprint density at radius 2 is 1.88 bits per heavy atom. The number of fused-ring (bicyclic) bond motifs is 3. The Labute approximate surface area is 140 Å². The Balaban J connectivity index is 2.05. The summed E-state index contributed by atoms with van der Waals surface area (Å²) in [6.07, 6.45) is 0.594. The van der Waals surface area contributed by atoms with Crippen LogP contribution in [0.15, 0.2) is 47.4 Å². The van der Waals surface area contributed by atoms with E-state index in [1.54, 1.807) is 30.3 Å². The third kappa shape index (κ3) is 2.25. The average Bonchev–Trinajstić information content (AvgIpc) is 2.89. The van der Waals surface area contributed by atoms with Crippen molar-refractivity contribution in [3.8, 4) is 0 Å². The maximum atomic E-state index is 13.8.